The second-order valence-corrected chi connectivity index (χ2v) is 13.9. The van der Waals surface area contributed by atoms with Crippen molar-refractivity contribution < 1.29 is 19.2 Å². The van der Waals surface area contributed by atoms with Crippen LogP contribution in [0, 0.1) is 11.8 Å². The minimum atomic E-state index is -0.266. The van der Waals surface area contributed by atoms with Crippen molar-refractivity contribution in [3.63, 3.8) is 0 Å². The van der Waals surface area contributed by atoms with Crippen LogP contribution in [0.4, 0.5) is 32.7 Å². The van der Waals surface area contributed by atoms with Crippen molar-refractivity contribution in [1.82, 2.24) is 51.8 Å². The number of aryl methyl sites for hydroxylation is 1. The summed E-state index contributed by atoms with van der Waals surface area (Å²) in [6.45, 7) is 5.78. The Balaban J connectivity index is 0.000000273. The number of anilines is 4. The first-order chi connectivity index (χ1) is 30.0. The van der Waals surface area contributed by atoms with Gasteiger partial charge >= 0.3 is 12.1 Å². The number of nitrogens with two attached hydrogens (primary N) is 1. The quantitative estimate of drug-likeness (QED) is 0.0451. The van der Waals surface area contributed by atoms with Gasteiger partial charge in [0.2, 0.25) is 0 Å². The van der Waals surface area contributed by atoms with Crippen LogP contribution in [-0.4, -0.2) is 77.0 Å². The van der Waals surface area contributed by atoms with E-state index in [-0.39, 0.29) is 29.9 Å². The molecule has 6 amide bonds. The number of nitrogen functional groups attached to an aromatic ring is 1. The number of unbranched alkanes of at least 4 members (excludes halogenated alkanes) is 1. The van der Waals surface area contributed by atoms with E-state index in [0.717, 1.165) is 41.8 Å². The van der Waals surface area contributed by atoms with Gasteiger partial charge in [0, 0.05) is 82.7 Å². The molecule has 17 heteroatoms. The van der Waals surface area contributed by atoms with Gasteiger partial charge in [-0.25, -0.2) is 24.5 Å². The maximum atomic E-state index is 12.2. The van der Waals surface area contributed by atoms with Crippen LogP contribution in [0.15, 0.2) is 97.5 Å². The number of para-hydroxylation sites is 1. The largest absolute Gasteiger partial charge is 0.384 e. The number of aromatic nitrogens is 4. The maximum absolute atomic E-state index is 12.2. The Morgan fingerprint density at radius 3 is 2.02 bits per heavy atom. The van der Waals surface area contributed by atoms with Gasteiger partial charge < -0.3 is 48.3 Å². The first-order valence-corrected chi connectivity index (χ1v) is 20.2. The highest BCUT2D eigenvalue weighted by atomic mass is 16.2. The number of pyridine rings is 4. The Labute approximate surface area is 362 Å². The van der Waals surface area contributed by atoms with E-state index < -0.39 is 0 Å². The third-order valence-corrected chi connectivity index (χ3v) is 8.63. The van der Waals surface area contributed by atoms with Crippen LogP contribution in [0.1, 0.15) is 76.3 Å². The van der Waals surface area contributed by atoms with Crippen molar-refractivity contribution in [3.8, 4) is 11.8 Å². The summed E-state index contributed by atoms with van der Waals surface area (Å²) in [6, 6.07) is 23.4. The highest BCUT2D eigenvalue weighted by Gasteiger charge is 2.14. The molecule has 17 nitrogen and oxygen atoms in total. The maximum Gasteiger partial charge on any atom is 0.315 e. The van der Waals surface area contributed by atoms with E-state index in [9.17, 15) is 19.2 Å². The topological polar surface area (TPSA) is 242 Å². The van der Waals surface area contributed by atoms with Crippen molar-refractivity contribution in [3.05, 3.63) is 131 Å². The second kappa shape index (κ2) is 25.7. The molecule has 0 atom stereocenters. The summed E-state index contributed by atoms with van der Waals surface area (Å²) in [4.78, 5) is 65.0. The molecule has 0 saturated carbocycles. The van der Waals surface area contributed by atoms with Crippen LogP contribution in [0.2, 0.25) is 0 Å². The zero-order valence-corrected chi connectivity index (χ0v) is 35.5. The Bertz CT molecular complexity index is 2260. The van der Waals surface area contributed by atoms with E-state index in [0.29, 0.717) is 66.9 Å². The SMILES string of the molecule is CNC(=O)c1ccc(C#CCCNC(=O)NCc2cccnc2)nc1Nc1ccccc1.CNC(=O)c1ccc(CCCCNC(=O)NCc2ccc(N)nc2)nc1NC(C)C. The van der Waals surface area contributed by atoms with Crippen molar-refractivity contribution in [1.29, 1.82) is 0 Å². The lowest BCUT2D eigenvalue weighted by atomic mass is 10.1. The molecule has 4 heterocycles. The van der Waals surface area contributed by atoms with Gasteiger partial charge in [0.25, 0.3) is 11.8 Å². The van der Waals surface area contributed by atoms with Gasteiger partial charge in [-0.3, -0.25) is 14.6 Å². The average molecular weight is 842 g/mol. The molecule has 1 aromatic carbocycles. The molecule has 0 aliphatic rings. The number of nitrogens with one attached hydrogen (secondary N) is 8. The Morgan fingerprint density at radius 1 is 0.694 bits per heavy atom. The first kappa shape index (κ1) is 46.9. The molecule has 0 spiro atoms. The molecule has 0 fully saturated rings. The number of carbonyl (C=O) groups excluding carboxylic acids is 4. The predicted molar refractivity (Wildman–Crippen MR) is 242 cm³/mol. The number of carbonyl (C=O) groups is 4. The molecule has 0 unspecified atom stereocenters. The third-order valence-electron chi connectivity index (χ3n) is 8.63. The first-order valence-electron chi connectivity index (χ1n) is 20.2. The normalized spacial score (nSPS) is 10.1. The van der Waals surface area contributed by atoms with E-state index in [1.807, 2.05) is 68.4 Å². The lowest BCUT2D eigenvalue weighted by molar-refractivity contribution is 0.0955. The van der Waals surface area contributed by atoms with Gasteiger partial charge in [0.05, 0.1) is 11.1 Å². The molecule has 0 saturated heterocycles. The van der Waals surface area contributed by atoms with E-state index in [1.54, 1.807) is 57.0 Å². The average Bonchev–Trinajstić information content (AvgIpc) is 3.28. The number of rotatable bonds is 17. The van der Waals surface area contributed by atoms with Crippen molar-refractivity contribution in [2.45, 2.75) is 58.7 Å². The molecular weight excluding hydrogens is 787 g/mol. The van der Waals surface area contributed by atoms with Crippen LogP contribution in [0.5, 0.6) is 0 Å². The fourth-order valence-electron chi connectivity index (χ4n) is 5.50. The summed E-state index contributed by atoms with van der Waals surface area (Å²) in [5, 5.41) is 22.8. The molecule has 5 aromatic rings. The van der Waals surface area contributed by atoms with Crippen LogP contribution >= 0.6 is 0 Å². The number of nitrogens with zero attached hydrogens (tertiary/aromatic N) is 4. The molecule has 5 rings (SSSR count). The number of benzene rings is 1. The smallest absolute Gasteiger partial charge is 0.315 e. The summed E-state index contributed by atoms with van der Waals surface area (Å²) in [5.74, 6) is 7.03. The summed E-state index contributed by atoms with van der Waals surface area (Å²) in [5.41, 5.74) is 10.6. The highest BCUT2D eigenvalue weighted by molar-refractivity contribution is 5.99. The monoisotopic (exact) mass is 841 g/mol. The molecular formula is C45H55N13O4. The minimum Gasteiger partial charge on any atom is -0.384 e. The van der Waals surface area contributed by atoms with Gasteiger partial charge in [-0.15, -0.1) is 0 Å². The summed E-state index contributed by atoms with van der Waals surface area (Å²) >= 11 is 0. The Kier molecular flexibility index (Phi) is 19.4. The lowest BCUT2D eigenvalue weighted by Gasteiger charge is -2.14. The second-order valence-electron chi connectivity index (χ2n) is 13.9. The summed E-state index contributed by atoms with van der Waals surface area (Å²) in [7, 11) is 3.17. The van der Waals surface area contributed by atoms with Crippen molar-refractivity contribution >= 4 is 47.0 Å². The molecule has 0 aliphatic heterocycles. The standard InChI is InChI=1S/C24H24N6O2.C21H31N7O2/c1-25-23(31)21-13-12-20(30-22(21)29-19-9-3-2-4-10-19)11-5-6-15-27-24(32)28-17-18-8-7-14-26-16-18;1-14(2)27-19-17(20(29)23-3)9-8-16(28-19)6-4-5-11-24-21(30)26-13-15-7-10-18(22)25-12-15/h2-4,7-10,12-14,16H,6,15,17H2,1H3,(H,25,31)(H,29,30)(H2,27,28,32);7-10,12,14H,4-6,11,13H2,1-3H3,(H2,22,25)(H,23,29)(H,27,28)(H2,24,26,30). The highest BCUT2D eigenvalue weighted by Crippen LogP contribution is 2.20. The zero-order valence-electron chi connectivity index (χ0n) is 35.5. The molecule has 0 aliphatic carbocycles. The van der Waals surface area contributed by atoms with E-state index >= 15 is 0 Å². The predicted octanol–water partition coefficient (Wildman–Crippen LogP) is 4.88. The van der Waals surface area contributed by atoms with Crippen molar-refractivity contribution in [2.75, 3.05) is 43.6 Å². The van der Waals surface area contributed by atoms with Gasteiger partial charge in [0.1, 0.15) is 23.1 Å². The van der Waals surface area contributed by atoms with Gasteiger partial charge in [0.15, 0.2) is 0 Å². The van der Waals surface area contributed by atoms with Crippen molar-refractivity contribution in [2.24, 2.45) is 0 Å². The van der Waals surface area contributed by atoms with E-state index in [2.05, 4.69) is 74.3 Å². The number of hydrogen-bond acceptors (Lipinski definition) is 11. The fraction of sp³-hybridized carbons (Fsp3) is 0.289. The summed E-state index contributed by atoms with van der Waals surface area (Å²) < 4.78 is 0. The van der Waals surface area contributed by atoms with Crippen LogP contribution < -0.4 is 48.3 Å². The van der Waals surface area contributed by atoms with Crippen LogP contribution in [-0.2, 0) is 19.5 Å². The van der Waals surface area contributed by atoms with Crippen LogP contribution in [0.3, 0.4) is 0 Å². The molecule has 0 radical (unpaired) electrons. The van der Waals surface area contributed by atoms with E-state index in [4.69, 9.17) is 5.73 Å². The Morgan fingerprint density at radius 2 is 1.37 bits per heavy atom. The molecule has 62 heavy (non-hydrogen) atoms. The molecule has 324 valence electrons. The van der Waals surface area contributed by atoms with Crippen LogP contribution in [0.25, 0.3) is 0 Å². The Hall–Kier alpha value is -7.74. The molecule has 10 N–H and O–H groups in total. The van der Waals surface area contributed by atoms with Gasteiger partial charge in [-0.05, 0) is 98.7 Å². The van der Waals surface area contributed by atoms with Gasteiger partial charge in [-0.1, -0.05) is 36.3 Å². The zero-order chi connectivity index (χ0) is 44.5. The molecule has 0 bridgehead atoms. The third kappa shape index (κ3) is 16.9. The number of amides is 6. The number of urea groups is 2. The lowest BCUT2D eigenvalue weighted by Crippen LogP contribution is -2.35. The fourth-order valence-corrected chi connectivity index (χ4v) is 5.50. The van der Waals surface area contributed by atoms with Gasteiger partial charge in [-0.2, -0.15) is 0 Å². The molecule has 4 aromatic heterocycles. The number of hydrogen-bond donors (Lipinski definition) is 9. The minimum absolute atomic E-state index is 0.165. The summed E-state index contributed by atoms with van der Waals surface area (Å²) in [6.07, 6.45) is 7.94. The van der Waals surface area contributed by atoms with E-state index in [1.165, 1.54) is 0 Å².